The van der Waals surface area contributed by atoms with E-state index in [2.05, 4.69) is 94.1 Å². The molecule has 8 bridgehead atoms. The first-order chi connectivity index (χ1) is 30.2. The van der Waals surface area contributed by atoms with Gasteiger partial charge in [0, 0.05) is 51.1 Å². The van der Waals surface area contributed by atoms with Gasteiger partial charge in [0.15, 0.2) is 0 Å². The second kappa shape index (κ2) is 16.9. The fraction of sp³-hybridized carbons (Fsp3) is 0.464. The molecule has 6 heteroatoms. The lowest BCUT2D eigenvalue weighted by Gasteiger charge is -2.76. The summed E-state index contributed by atoms with van der Waals surface area (Å²) < 4.78 is 38.3. The lowest BCUT2D eigenvalue weighted by molar-refractivity contribution is -0.219. The van der Waals surface area contributed by atoms with Gasteiger partial charge in [-0.05, 0) is 124 Å². The highest BCUT2D eigenvalue weighted by atomic mass is 16.5. The van der Waals surface area contributed by atoms with E-state index in [9.17, 15) is 0 Å². The van der Waals surface area contributed by atoms with Crippen LogP contribution in [0.1, 0.15) is 93.7 Å². The van der Waals surface area contributed by atoms with E-state index in [-0.39, 0.29) is 27.1 Å². The molecule has 4 atom stereocenters. The molecule has 8 saturated carbocycles. The highest BCUT2D eigenvalue weighted by Crippen LogP contribution is 2.81. The molecule has 0 amide bonds. The SMILES string of the molecule is C=CCOc1ccc(C23CC4CC(C2)CC(C25CC6CC(c7ccc(OCC=C)cc7OCC=C)(CC(c7ccc(OCC=C)cc7OCC=C)(C6)C2)C5)(C4)C3)c(OCC=C)c1. The second-order valence-corrected chi connectivity index (χ2v) is 19.9. The smallest absolute Gasteiger partial charge is 0.127 e. The predicted molar refractivity (Wildman–Crippen MR) is 249 cm³/mol. The molecule has 4 unspecified atom stereocenters. The Morgan fingerprint density at radius 2 is 0.726 bits per heavy atom. The third-order valence-electron chi connectivity index (χ3n) is 16.0. The van der Waals surface area contributed by atoms with Crippen molar-refractivity contribution in [2.24, 2.45) is 28.6 Å². The first kappa shape index (κ1) is 42.2. The van der Waals surface area contributed by atoms with Gasteiger partial charge in [-0.2, -0.15) is 0 Å². The maximum atomic E-state index is 6.68. The normalized spacial score (nSPS) is 32.0. The summed E-state index contributed by atoms with van der Waals surface area (Å²) in [4.78, 5) is 0. The first-order valence-electron chi connectivity index (χ1n) is 23.0. The van der Waals surface area contributed by atoms with Crippen molar-refractivity contribution >= 4 is 0 Å². The highest BCUT2D eigenvalue weighted by molar-refractivity contribution is 5.53. The first-order valence-corrected chi connectivity index (χ1v) is 23.0. The van der Waals surface area contributed by atoms with Crippen LogP contribution in [0.4, 0.5) is 0 Å². The average Bonchev–Trinajstić information content (AvgIpc) is 3.26. The molecule has 3 aromatic carbocycles. The summed E-state index contributed by atoms with van der Waals surface area (Å²) in [7, 11) is 0. The van der Waals surface area contributed by atoms with Crippen LogP contribution in [0, 0.1) is 28.6 Å². The fourth-order valence-electron chi connectivity index (χ4n) is 15.2. The Morgan fingerprint density at radius 3 is 1.13 bits per heavy atom. The van der Waals surface area contributed by atoms with E-state index in [1.807, 2.05) is 18.2 Å². The Morgan fingerprint density at radius 1 is 0.387 bits per heavy atom. The molecule has 0 N–H and O–H groups in total. The lowest BCUT2D eigenvalue weighted by atomic mass is 9.28. The quantitative estimate of drug-likeness (QED) is 0.0940. The molecule has 0 heterocycles. The molecule has 8 aliphatic carbocycles. The van der Waals surface area contributed by atoms with E-state index < -0.39 is 0 Å². The largest absolute Gasteiger partial charge is 0.489 e. The van der Waals surface area contributed by atoms with Gasteiger partial charge in [-0.15, -0.1) is 0 Å². The average molecular weight is 835 g/mol. The van der Waals surface area contributed by atoms with E-state index in [0.29, 0.717) is 57.4 Å². The topological polar surface area (TPSA) is 55.4 Å². The molecule has 11 rings (SSSR count). The number of ether oxygens (including phenoxy) is 6. The van der Waals surface area contributed by atoms with E-state index in [1.54, 1.807) is 18.2 Å². The molecular formula is C56H66O6. The van der Waals surface area contributed by atoms with Crippen molar-refractivity contribution in [1.29, 1.82) is 0 Å². The minimum absolute atomic E-state index is 0.0337. The minimum Gasteiger partial charge on any atom is -0.489 e. The summed E-state index contributed by atoms with van der Waals surface area (Å²) in [6.45, 7) is 26.4. The minimum atomic E-state index is -0.112. The van der Waals surface area contributed by atoms with Crippen LogP contribution in [0.25, 0.3) is 0 Å². The van der Waals surface area contributed by atoms with Crippen molar-refractivity contribution < 1.29 is 28.4 Å². The van der Waals surface area contributed by atoms with Crippen LogP contribution in [0.2, 0.25) is 0 Å². The van der Waals surface area contributed by atoms with Crippen LogP contribution in [-0.2, 0) is 16.2 Å². The van der Waals surface area contributed by atoms with Crippen molar-refractivity contribution in [3.8, 4) is 34.5 Å². The van der Waals surface area contributed by atoms with Gasteiger partial charge in [0.05, 0.1) is 0 Å². The third kappa shape index (κ3) is 7.29. The number of rotatable bonds is 22. The van der Waals surface area contributed by atoms with E-state index in [1.165, 1.54) is 61.6 Å². The van der Waals surface area contributed by atoms with E-state index >= 15 is 0 Å². The van der Waals surface area contributed by atoms with Crippen LogP contribution >= 0.6 is 0 Å². The standard InChI is InChI=1S/C56H66O6/c1-7-19-57-43-13-16-46(49(26-43)60-22-10-4)52-29-40-25-41(30-52)34-55(33-40,37-52)56-35-42-31-53(38-56,47-17-14-44(58-20-8-2)27-50(47)61-23-11-5)36-54(32-42,39-56)48-18-15-45(59-21-9-3)28-51(48)62-24-12-6/h7-18,26-28,40-42H,1-6,19-25,29-39H2. The number of hydrogen-bond acceptors (Lipinski definition) is 6. The molecule has 8 aliphatic rings. The van der Waals surface area contributed by atoms with Crippen LogP contribution < -0.4 is 28.4 Å². The zero-order valence-electron chi connectivity index (χ0n) is 36.8. The van der Waals surface area contributed by atoms with Gasteiger partial charge in [-0.3, -0.25) is 0 Å². The molecule has 8 fully saturated rings. The molecule has 326 valence electrons. The lowest BCUT2D eigenvalue weighted by Crippen LogP contribution is -2.68. The van der Waals surface area contributed by atoms with Gasteiger partial charge in [-0.25, -0.2) is 0 Å². The Kier molecular flexibility index (Phi) is 11.5. The van der Waals surface area contributed by atoms with Crippen LogP contribution in [-0.4, -0.2) is 39.6 Å². The summed E-state index contributed by atoms with van der Waals surface area (Å²) >= 11 is 0. The van der Waals surface area contributed by atoms with Crippen molar-refractivity contribution in [3.63, 3.8) is 0 Å². The van der Waals surface area contributed by atoms with Crippen molar-refractivity contribution in [3.05, 3.63) is 147 Å². The fourth-order valence-corrected chi connectivity index (χ4v) is 15.2. The second-order valence-electron chi connectivity index (χ2n) is 19.9. The Balaban J connectivity index is 1.21. The van der Waals surface area contributed by atoms with Crippen molar-refractivity contribution in [2.45, 2.75) is 93.3 Å². The van der Waals surface area contributed by atoms with Gasteiger partial charge in [0.2, 0.25) is 0 Å². The molecule has 0 radical (unpaired) electrons. The number of hydrogen-bond donors (Lipinski definition) is 0. The summed E-state index contributed by atoms with van der Waals surface area (Å²) in [5.74, 6) is 7.12. The highest BCUT2D eigenvalue weighted by Gasteiger charge is 2.73. The third-order valence-corrected chi connectivity index (χ3v) is 16.0. The molecular weight excluding hydrogens is 769 g/mol. The van der Waals surface area contributed by atoms with Gasteiger partial charge in [0.1, 0.15) is 74.1 Å². The summed E-state index contributed by atoms with van der Waals surface area (Å²) in [5.41, 5.74) is 4.08. The molecule has 0 spiro atoms. The van der Waals surface area contributed by atoms with Crippen molar-refractivity contribution in [2.75, 3.05) is 39.6 Å². The van der Waals surface area contributed by atoms with Crippen molar-refractivity contribution in [1.82, 2.24) is 0 Å². The van der Waals surface area contributed by atoms with Crippen LogP contribution in [0.5, 0.6) is 34.5 Å². The molecule has 62 heavy (non-hydrogen) atoms. The monoisotopic (exact) mass is 834 g/mol. The zero-order chi connectivity index (χ0) is 43.0. The summed E-state index contributed by atoms with van der Waals surface area (Å²) in [6.07, 6.45) is 25.4. The van der Waals surface area contributed by atoms with Gasteiger partial charge < -0.3 is 28.4 Å². The van der Waals surface area contributed by atoms with E-state index in [0.717, 1.165) is 66.6 Å². The number of benzene rings is 3. The Bertz CT molecular complexity index is 2110. The maximum Gasteiger partial charge on any atom is 0.127 e. The van der Waals surface area contributed by atoms with Gasteiger partial charge in [-0.1, -0.05) is 94.1 Å². The summed E-state index contributed by atoms with van der Waals surface area (Å²) in [6, 6.07) is 19.9. The molecule has 0 aromatic heterocycles. The Labute approximate surface area is 370 Å². The Hall–Kier alpha value is -5.10. The molecule has 0 aliphatic heterocycles. The molecule has 6 nitrogen and oxygen atoms in total. The maximum absolute atomic E-state index is 6.68. The predicted octanol–water partition coefficient (Wildman–Crippen LogP) is 12.8. The molecule has 3 aromatic rings. The zero-order valence-corrected chi connectivity index (χ0v) is 36.8. The van der Waals surface area contributed by atoms with Gasteiger partial charge >= 0.3 is 0 Å². The van der Waals surface area contributed by atoms with Crippen LogP contribution in [0.15, 0.2) is 131 Å². The van der Waals surface area contributed by atoms with Gasteiger partial charge in [0.25, 0.3) is 0 Å². The van der Waals surface area contributed by atoms with E-state index in [4.69, 9.17) is 28.4 Å². The summed E-state index contributed by atoms with van der Waals surface area (Å²) in [5, 5.41) is 0. The van der Waals surface area contributed by atoms with Crippen LogP contribution in [0.3, 0.4) is 0 Å². The molecule has 0 saturated heterocycles.